The minimum absolute atomic E-state index is 0.0187. The first-order chi connectivity index (χ1) is 17.2. The number of ether oxygens (including phenoxy) is 1. The van der Waals surface area contributed by atoms with Gasteiger partial charge >= 0.3 is 5.97 Å². The Balaban J connectivity index is 1.33. The Morgan fingerprint density at radius 3 is 2.33 bits per heavy atom. The molecule has 2 aliphatic heterocycles. The van der Waals surface area contributed by atoms with E-state index in [1.54, 1.807) is 23.1 Å². The molecule has 2 atom stereocenters. The zero-order valence-electron chi connectivity index (χ0n) is 20.4. The summed E-state index contributed by atoms with van der Waals surface area (Å²) in [6, 6.07) is 7.52. The van der Waals surface area contributed by atoms with Crippen molar-refractivity contribution in [3.05, 3.63) is 58.0 Å². The van der Waals surface area contributed by atoms with Crippen molar-refractivity contribution in [3.63, 3.8) is 0 Å². The molecule has 0 N–H and O–H groups in total. The number of carbonyl (C=O) groups excluding carboxylic acids is 3. The van der Waals surface area contributed by atoms with E-state index in [-0.39, 0.29) is 22.9 Å². The summed E-state index contributed by atoms with van der Waals surface area (Å²) in [6.07, 6.45) is 2.50. The molecule has 192 valence electrons. The van der Waals surface area contributed by atoms with Gasteiger partial charge in [0.1, 0.15) is 5.69 Å². The summed E-state index contributed by atoms with van der Waals surface area (Å²) in [5, 5.41) is 11.8. The van der Waals surface area contributed by atoms with Crippen LogP contribution in [-0.2, 0) is 9.53 Å². The van der Waals surface area contributed by atoms with E-state index in [0.29, 0.717) is 56.8 Å². The zero-order valence-corrected chi connectivity index (χ0v) is 20.4. The molecule has 2 aromatic rings. The van der Waals surface area contributed by atoms with E-state index < -0.39 is 23.4 Å². The third kappa shape index (κ3) is 5.67. The number of nitrogens with zero attached hydrogens (tertiary/aromatic N) is 4. The topological polar surface area (TPSA) is 126 Å². The highest BCUT2D eigenvalue weighted by Gasteiger charge is 2.29. The molecule has 36 heavy (non-hydrogen) atoms. The van der Waals surface area contributed by atoms with E-state index in [9.17, 15) is 24.5 Å². The lowest BCUT2D eigenvalue weighted by atomic mass is 9.91. The van der Waals surface area contributed by atoms with Gasteiger partial charge in [-0.15, -0.1) is 0 Å². The highest BCUT2D eigenvalue weighted by Crippen LogP contribution is 2.34. The summed E-state index contributed by atoms with van der Waals surface area (Å²) < 4.78 is 10.3. The van der Waals surface area contributed by atoms with E-state index >= 15 is 0 Å². The van der Waals surface area contributed by atoms with E-state index in [4.69, 9.17) is 9.15 Å². The number of nitro groups is 1. The highest BCUT2D eigenvalue weighted by atomic mass is 16.6. The minimum atomic E-state index is -0.801. The highest BCUT2D eigenvalue weighted by molar-refractivity contribution is 5.93. The summed E-state index contributed by atoms with van der Waals surface area (Å²) >= 11 is 0. The molecule has 3 heterocycles. The van der Waals surface area contributed by atoms with Gasteiger partial charge in [-0.1, -0.05) is 13.8 Å². The Bertz CT molecular complexity index is 1120. The fraction of sp³-hybridized carbons (Fsp3) is 0.480. The Morgan fingerprint density at radius 2 is 1.72 bits per heavy atom. The quantitative estimate of drug-likeness (QED) is 0.338. The number of carbonyl (C=O) groups is 3. The van der Waals surface area contributed by atoms with Crippen molar-refractivity contribution in [2.24, 2.45) is 11.8 Å². The number of benzene rings is 1. The largest absolute Gasteiger partial charge is 0.459 e. The summed E-state index contributed by atoms with van der Waals surface area (Å²) in [5.74, 6) is -0.366. The van der Waals surface area contributed by atoms with Gasteiger partial charge in [-0.25, -0.2) is 4.79 Å². The van der Waals surface area contributed by atoms with Crippen molar-refractivity contribution >= 4 is 29.2 Å². The molecule has 2 fully saturated rings. The number of piperidine rings is 1. The molecule has 0 radical (unpaired) electrons. The van der Waals surface area contributed by atoms with Gasteiger partial charge in [0.15, 0.2) is 12.4 Å². The van der Waals surface area contributed by atoms with Crippen LogP contribution in [-0.4, -0.2) is 78.4 Å². The number of hydrogen-bond acceptors (Lipinski definition) is 8. The Labute approximate surface area is 208 Å². The number of hydrogen-bond donors (Lipinski definition) is 0. The molecule has 11 heteroatoms. The first kappa shape index (κ1) is 25.2. The van der Waals surface area contributed by atoms with Gasteiger partial charge in [0, 0.05) is 45.3 Å². The Hall–Kier alpha value is -3.89. The fourth-order valence-electron chi connectivity index (χ4n) is 4.94. The maximum absolute atomic E-state index is 12.6. The number of furan rings is 1. The molecule has 0 bridgehead atoms. The molecule has 2 aliphatic rings. The second kappa shape index (κ2) is 10.8. The van der Waals surface area contributed by atoms with E-state index in [1.165, 1.54) is 23.3 Å². The maximum Gasteiger partial charge on any atom is 0.338 e. The lowest BCUT2D eigenvalue weighted by Crippen LogP contribution is -2.51. The first-order valence-corrected chi connectivity index (χ1v) is 12.0. The SMILES string of the molecule is CC1CC(C)CN(c2ccc(C(=O)OCC(=O)N3CCN(C(=O)c4ccco4)CC3)cc2[N+](=O)[O-])C1. The average molecular weight is 499 g/mol. The number of rotatable bonds is 6. The average Bonchev–Trinajstić information content (AvgIpc) is 3.41. The monoisotopic (exact) mass is 498 g/mol. The van der Waals surface area contributed by atoms with Crippen molar-refractivity contribution in [2.75, 3.05) is 50.8 Å². The van der Waals surface area contributed by atoms with Crippen molar-refractivity contribution < 1.29 is 28.5 Å². The smallest absolute Gasteiger partial charge is 0.338 e. The summed E-state index contributed by atoms with van der Waals surface area (Å²) in [4.78, 5) is 53.8. The minimum Gasteiger partial charge on any atom is -0.459 e. The normalized spacial score (nSPS) is 20.2. The van der Waals surface area contributed by atoms with Crippen LogP contribution in [0.4, 0.5) is 11.4 Å². The zero-order chi connectivity index (χ0) is 25.8. The Kier molecular flexibility index (Phi) is 7.56. The molecule has 2 unspecified atom stereocenters. The van der Waals surface area contributed by atoms with E-state index in [1.807, 2.05) is 4.90 Å². The lowest BCUT2D eigenvalue weighted by molar-refractivity contribution is -0.384. The van der Waals surface area contributed by atoms with Crippen molar-refractivity contribution in [1.29, 1.82) is 0 Å². The second-order valence-electron chi connectivity index (χ2n) is 9.54. The van der Waals surface area contributed by atoms with Crippen LogP contribution in [0.3, 0.4) is 0 Å². The van der Waals surface area contributed by atoms with Crippen LogP contribution >= 0.6 is 0 Å². The van der Waals surface area contributed by atoms with E-state index in [2.05, 4.69) is 13.8 Å². The molecule has 2 saturated heterocycles. The summed E-state index contributed by atoms with van der Waals surface area (Å²) in [7, 11) is 0. The second-order valence-corrected chi connectivity index (χ2v) is 9.54. The molecule has 11 nitrogen and oxygen atoms in total. The third-order valence-corrected chi connectivity index (χ3v) is 6.60. The van der Waals surface area contributed by atoms with Crippen LogP contribution in [0.15, 0.2) is 41.0 Å². The molecule has 0 spiro atoms. The number of piperazine rings is 1. The number of esters is 1. The predicted molar refractivity (Wildman–Crippen MR) is 130 cm³/mol. The van der Waals surface area contributed by atoms with Crippen molar-refractivity contribution in [3.8, 4) is 0 Å². The predicted octanol–water partition coefficient (Wildman–Crippen LogP) is 2.81. The third-order valence-electron chi connectivity index (χ3n) is 6.60. The summed E-state index contributed by atoms with van der Waals surface area (Å²) in [5.41, 5.74) is 0.340. The lowest BCUT2D eigenvalue weighted by Gasteiger charge is -2.36. The Morgan fingerprint density at radius 1 is 1.06 bits per heavy atom. The fourth-order valence-corrected chi connectivity index (χ4v) is 4.94. The van der Waals surface area contributed by atoms with Crippen LogP contribution in [0, 0.1) is 22.0 Å². The first-order valence-electron chi connectivity index (χ1n) is 12.0. The van der Waals surface area contributed by atoms with Crippen molar-refractivity contribution in [2.45, 2.75) is 20.3 Å². The van der Waals surface area contributed by atoms with Crippen LogP contribution < -0.4 is 4.90 Å². The van der Waals surface area contributed by atoms with Crippen molar-refractivity contribution in [1.82, 2.24) is 9.80 Å². The van der Waals surface area contributed by atoms with Gasteiger partial charge < -0.3 is 23.9 Å². The molecule has 1 aromatic carbocycles. The van der Waals surface area contributed by atoms with Gasteiger partial charge in [-0.05, 0) is 42.5 Å². The van der Waals surface area contributed by atoms with Gasteiger partial charge in [-0.3, -0.25) is 19.7 Å². The van der Waals surface area contributed by atoms with Crippen LogP contribution in [0.25, 0.3) is 0 Å². The maximum atomic E-state index is 12.6. The number of nitro benzene ring substituents is 1. The standard InChI is InChI=1S/C25H30N4O7/c1-17-12-18(2)15-28(14-17)20-6-5-19(13-21(20)29(33)34)25(32)36-16-23(30)26-7-9-27(10-8-26)24(31)22-4-3-11-35-22/h3-6,11,13,17-18H,7-10,12,14-16H2,1-2H3. The van der Waals surface area contributed by atoms with Gasteiger partial charge in [-0.2, -0.15) is 0 Å². The van der Waals surface area contributed by atoms with Gasteiger partial charge in [0.2, 0.25) is 0 Å². The number of amides is 2. The number of anilines is 1. The van der Waals surface area contributed by atoms with E-state index in [0.717, 1.165) is 6.42 Å². The van der Waals surface area contributed by atoms with Crippen LogP contribution in [0.5, 0.6) is 0 Å². The molecular weight excluding hydrogens is 468 g/mol. The van der Waals surface area contributed by atoms with Crippen LogP contribution in [0.1, 0.15) is 41.2 Å². The molecule has 4 rings (SSSR count). The van der Waals surface area contributed by atoms with Gasteiger partial charge in [0.05, 0.1) is 16.7 Å². The molecule has 0 saturated carbocycles. The van der Waals surface area contributed by atoms with Crippen LogP contribution in [0.2, 0.25) is 0 Å². The van der Waals surface area contributed by atoms with Gasteiger partial charge in [0.25, 0.3) is 17.5 Å². The molecular formula is C25H30N4O7. The molecule has 1 aromatic heterocycles. The molecule has 2 amide bonds. The summed E-state index contributed by atoms with van der Waals surface area (Å²) in [6.45, 7) is 6.45. The molecule has 0 aliphatic carbocycles.